The van der Waals surface area contributed by atoms with Crippen LogP contribution in [0.15, 0.2) is 42.6 Å². The topological polar surface area (TPSA) is 42.4 Å². The second-order valence-electron chi connectivity index (χ2n) is 5.12. The molecule has 1 aromatic heterocycles. The summed E-state index contributed by atoms with van der Waals surface area (Å²) in [5.41, 5.74) is 3.78. The molecule has 1 amide bonds. The Kier molecular flexibility index (Phi) is 3.97. The largest absolute Gasteiger partial charge is 0.378 e. The molecular formula is C17H18N2O2. The molecule has 0 bridgehead atoms. The first-order valence-corrected chi connectivity index (χ1v) is 7.15. The van der Waals surface area contributed by atoms with Crippen molar-refractivity contribution in [2.45, 2.75) is 6.92 Å². The summed E-state index contributed by atoms with van der Waals surface area (Å²) in [4.78, 5) is 18.7. The Bertz CT molecular complexity index is 649. The molecule has 0 N–H and O–H groups in total. The molecule has 4 heteroatoms. The van der Waals surface area contributed by atoms with Gasteiger partial charge in [-0.3, -0.25) is 9.78 Å². The third kappa shape index (κ3) is 2.95. The summed E-state index contributed by atoms with van der Waals surface area (Å²) >= 11 is 0. The molecule has 0 saturated carbocycles. The van der Waals surface area contributed by atoms with E-state index in [0.29, 0.717) is 26.3 Å². The van der Waals surface area contributed by atoms with Crippen LogP contribution in [0.5, 0.6) is 0 Å². The van der Waals surface area contributed by atoms with Gasteiger partial charge in [-0.15, -0.1) is 0 Å². The summed E-state index contributed by atoms with van der Waals surface area (Å²) < 4.78 is 5.29. The van der Waals surface area contributed by atoms with E-state index in [1.807, 2.05) is 48.2 Å². The maximum absolute atomic E-state index is 12.5. The van der Waals surface area contributed by atoms with Crippen LogP contribution in [0.4, 0.5) is 0 Å². The van der Waals surface area contributed by atoms with Crippen molar-refractivity contribution in [3.05, 3.63) is 53.9 Å². The Morgan fingerprint density at radius 3 is 2.76 bits per heavy atom. The van der Waals surface area contributed by atoms with Crippen LogP contribution >= 0.6 is 0 Å². The number of amides is 1. The fourth-order valence-electron chi connectivity index (χ4n) is 2.56. The van der Waals surface area contributed by atoms with Gasteiger partial charge in [0.25, 0.3) is 5.91 Å². The molecule has 2 aromatic rings. The Hall–Kier alpha value is -2.20. The summed E-state index contributed by atoms with van der Waals surface area (Å²) in [6.45, 7) is 4.54. The number of ether oxygens (including phenoxy) is 1. The van der Waals surface area contributed by atoms with Gasteiger partial charge in [0.1, 0.15) is 0 Å². The molecule has 1 saturated heterocycles. The van der Waals surface area contributed by atoms with Crippen molar-refractivity contribution < 1.29 is 9.53 Å². The van der Waals surface area contributed by atoms with Gasteiger partial charge in [-0.25, -0.2) is 0 Å². The highest BCUT2D eigenvalue weighted by atomic mass is 16.5. The molecule has 3 rings (SSSR count). The number of morpholine rings is 1. The van der Waals surface area contributed by atoms with Crippen molar-refractivity contribution in [2.24, 2.45) is 0 Å². The molecule has 2 heterocycles. The maximum atomic E-state index is 12.5. The molecule has 1 aromatic carbocycles. The summed E-state index contributed by atoms with van der Waals surface area (Å²) in [5, 5.41) is 0. The Morgan fingerprint density at radius 2 is 2.00 bits per heavy atom. The smallest absolute Gasteiger partial charge is 0.254 e. The molecule has 108 valence electrons. The van der Waals surface area contributed by atoms with Crippen LogP contribution in [0, 0.1) is 6.92 Å². The Morgan fingerprint density at radius 1 is 1.19 bits per heavy atom. The highest BCUT2D eigenvalue weighted by Crippen LogP contribution is 2.23. The average Bonchev–Trinajstić information content (AvgIpc) is 2.55. The lowest BCUT2D eigenvalue weighted by Crippen LogP contribution is -2.40. The summed E-state index contributed by atoms with van der Waals surface area (Å²) in [6, 6.07) is 11.7. The van der Waals surface area contributed by atoms with Crippen molar-refractivity contribution in [3.63, 3.8) is 0 Å². The highest BCUT2D eigenvalue weighted by Gasteiger charge is 2.18. The zero-order valence-electron chi connectivity index (χ0n) is 12.1. The van der Waals surface area contributed by atoms with Crippen LogP contribution in [0.2, 0.25) is 0 Å². The zero-order valence-corrected chi connectivity index (χ0v) is 12.1. The van der Waals surface area contributed by atoms with Crippen LogP contribution in [-0.2, 0) is 4.74 Å². The molecule has 0 radical (unpaired) electrons. The van der Waals surface area contributed by atoms with Gasteiger partial charge in [-0.1, -0.05) is 18.2 Å². The molecule has 1 fully saturated rings. The fraction of sp³-hybridized carbons (Fsp3) is 0.294. The molecule has 0 spiro atoms. The van der Waals surface area contributed by atoms with Gasteiger partial charge < -0.3 is 9.64 Å². The average molecular weight is 282 g/mol. The number of rotatable bonds is 2. The monoisotopic (exact) mass is 282 g/mol. The summed E-state index contributed by atoms with van der Waals surface area (Å²) in [7, 11) is 0. The lowest BCUT2D eigenvalue weighted by Gasteiger charge is -2.27. The zero-order chi connectivity index (χ0) is 14.7. The van der Waals surface area contributed by atoms with Gasteiger partial charge in [0, 0.05) is 36.1 Å². The minimum Gasteiger partial charge on any atom is -0.378 e. The molecule has 1 aliphatic rings. The van der Waals surface area contributed by atoms with Gasteiger partial charge >= 0.3 is 0 Å². The van der Waals surface area contributed by atoms with E-state index >= 15 is 0 Å². The molecule has 0 aliphatic carbocycles. The number of nitrogens with zero attached hydrogens (tertiary/aromatic N) is 2. The van der Waals surface area contributed by atoms with E-state index in [0.717, 1.165) is 22.4 Å². The molecule has 0 atom stereocenters. The minimum atomic E-state index is 0.0710. The second kappa shape index (κ2) is 6.06. The molecular weight excluding hydrogens is 264 g/mol. The summed E-state index contributed by atoms with van der Waals surface area (Å²) in [6.07, 6.45) is 1.78. The van der Waals surface area contributed by atoms with E-state index in [4.69, 9.17) is 4.74 Å². The van der Waals surface area contributed by atoms with Crippen molar-refractivity contribution in [3.8, 4) is 11.1 Å². The molecule has 1 aliphatic heterocycles. The van der Waals surface area contributed by atoms with E-state index < -0.39 is 0 Å². The number of carbonyl (C=O) groups is 1. The predicted molar refractivity (Wildman–Crippen MR) is 81.1 cm³/mol. The van der Waals surface area contributed by atoms with Gasteiger partial charge in [-0.05, 0) is 30.7 Å². The van der Waals surface area contributed by atoms with Crippen molar-refractivity contribution in [1.29, 1.82) is 0 Å². The first-order valence-electron chi connectivity index (χ1n) is 7.15. The first-order chi connectivity index (χ1) is 10.3. The quantitative estimate of drug-likeness (QED) is 0.850. The van der Waals surface area contributed by atoms with Crippen LogP contribution in [-0.4, -0.2) is 42.1 Å². The van der Waals surface area contributed by atoms with Gasteiger partial charge in [0.2, 0.25) is 0 Å². The number of aromatic nitrogens is 1. The molecule has 0 unspecified atom stereocenters. The standard InChI is InChI=1S/C17H18N2O2/c1-13-16(6-3-7-18-13)14-4-2-5-15(12-14)17(20)19-8-10-21-11-9-19/h2-7,12H,8-11H2,1H3. The van der Waals surface area contributed by atoms with E-state index in [1.165, 1.54) is 0 Å². The highest BCUT2D eigenvalue weighted by molar-refractivity contribution is 5.95. The lowest BCUT2D eigenvalue weighted by atomic mass is 10.0. The SMILES string of the molecule is Cc1ncccc1-c1cccc(C(=O)N2CCOCC2)c1. The maximum Gasteiger partial charge on any atom is 0.254 e. The first kappa shape index (κ1) is 13.8. The van der Waals surface area contributed by atoms with E-state index in [-0.39, 0.29) is 5.91 Å². The van der Waals surface area contributed by atoms with E-state index in [9.17, 15) is 4.79 Å². The third-order valence-electron chi connectivity index (χ3n) is 3.73. The van der Waals surface area contributed by atoms with E-state index in [2.05, 4.69) is 4.98 Å². The molecule has 4 nitrogen and oxygen atoms in total. The lowest BCUT2D eigenvalue weighted by molar-refractivity contribution is 0.0303. The number of hydrogen-bond donors (Lipinski definition) is 0. The minimum absolute atomic E-state index is 0.0710. The van der Waals surface area contributed by atoms with Crippen LogP contribution in [0.3, 0.4) is 0 Å². The number of benzene rings is 1. The van der Waals surface area contributed by atoms with Gasteiger partial charge in [-0.2, -0.15) is 0 Å². The van der Waals surface area contributed by atoms with Crippen LogP contribution in [0.1, 0.15) is 16.1 Å². The Balaban J connectivity index is 1.89. The van der Waals surface area contributed by atoms with Crippen molar-refractivity contribution in [2.75, 3.05) is 26.3 Å². The number of pyridine rings is 1. The Labute approximate surface area is 124 Å². The molecule has 21 heavy (non-hydrogen) atoms. The normalized spacial score (nSPS) is 15.0. The number of carbonyl (C=O) groups excluding carboxylic acids is 1. The van der Waals surface area contributed by atoms with Crippen LogP contribution in [0.25, 0.3) is 11.1 Å². The van der Waals surface area contributed by atoms with Crippen molar-refractivity contribution in [1.82, 2.24) is 9.88 Å². The van der Waals surface area contributed by atoms with E-state index in [1.54, 1.807) is 6.20 Å². The number of hydrogen-bond acceptors (Lipinski definition) is 3. The fourth-order valence-corrected chi connectivity index (χ4v) is 2.56. The van der Waals surface area contributed by atoms with Crippen LogP contribution < -0.4 is 0 Å². The predicted octanol–water partition coefficient (Wildman–Crippen LogP) is 2.53. The second-order valence-corrected chi connectivity index (χ2v) is 5.12. The van der Waals surface area contributed by atoms with Gasteiger partial charge in [0.15, 0.2) is 0 Å². The van der Waals surface area contributed by atoms with Gasteiger partial charge in [0.05, 0.1) is 13.2 Å². The third-order valence-corrected chi connectivity index (χ3v) is 3.73. The van der Waals surface area contributed by atoms with Crippen molar-refractivity contribution >= 4 is 5.91 Å². The summed E-state index contributed by atoms with van der Waals surface area (Å²) in [5.74, 6) is 0.0710. The number of aryl methyl sites for hydroxylation is 1.